The Bertz CT molecular complexity index is 287. The van der Waals surface area contributed by atoms with E-state index < -0.39 is 0 Å². The number of piperazine rings is 1. The number of aromatic nitrogens is 1. The predicted octanol–water partition coefficient (Wildman–Crippen LogP) is -1.58. The zero-order valence-corrected chi connectivity index (χ0v) is 8.59. The summed E-state index contributed by atoms with van der Waals surface area (Å²) in [6.45, 7) is 4.68. The van der Waals surface area contributed by atoms with Gasteiger partial charge in [-0.25, -0.2) is 4.98 Å². The van der Waals surface area contributed by atoms with E-state index in [4.69, 9.17) is 5.73 Å². The highest BCUT2D eigenvalue weighted by molar-refractivity contribution is 5.45. The minimum absolute atomic E-state index is 0.716. The standard InChI is InChI=1S/C10H16N4/c1-13-4-6-14(7-5-13)9-2-3-10(11)12-8-9/h2-3,8H,4-7H2,1H3,(H2,11,12)/p+2. The molecule has 76 valence electrons. The van der Waals surface area contributed by atoms with Gasteiger partial charge < -0.3 is 9.80 Å². The summed E-state index contributed by atoms with van der Waals surface area (Å²) < 4.78 is 0. The summed E-state index contributed by atoms with van der Waals surface area (Å²) in [5.41, 5.74) is 6.84. The number of nitrogen functional groups attached to an aromatic ring is 1. The monoisotopic (exact) mass is 194 g/mol. The molecule has 0 atom stereocenters. The van der Waals surface area contributed by atoms with Crippen LogP contribution < -0.4 is 20.5 Å². The predicted molar refractivity (Wildman–Crippen MR) is 56.2 cm³/mol. The summed E-state index contributed by atoms with van der Waals surface area (Å²) in [7, 11) is 2.24. The SMILES string of the molecule is C[NH+]1CCN(c2ccc(N)[nH+]c2)CC1. The number of pyridine rings is 1. The molecule has 0 unspecified atom stereocenters. The lowest BCUT2D eigenvalue weighted by atomic mass is 10.3. The number of likely N-dealkylation sites (N-methyl/N-ethyl adjacent to an activating group) is 1. The van der Waals surface area contributed by atoms with E-state index in [2.05, 4.69) is 23.0 Å². The Balaban J connectivity index is 2.05. The topological polar surface area (TPSA) is 47.8 Å². The Morgan fingerprint density at radius 1 is 1.36 bits per heavy atom. The van der Waals surface area contributed by atoms with Gasteiger partial charge in [0.1, 0.15) is 6.20 Å². The molecule has 0 amide bonds. The Kier molecular flexibility index (Phi) is 2.54. The van der Waals surface area contributed by atoms with Crippen LogP contribution in [0.2, 0.25) is 0 Å². The zero-order valence-electron chi connectivity index (χ0n) is 8.59. The second kappa shape index (κ2) is 3.84. The minimum atomic E-state index is 0.716. The summed E-state index contributed by atoms with van der Waals surface area (Å²) in [6.07, 6.45) is 1.98. The highest BCUT2D eigenvalue weighted by atomic mass is 15.2. The van der Waals surface area contributed by atoms with Crippen LogP contribution in [-0.4, -0.2) is 33.2 Å². The van der Waals surface area contributed by atoms with Gasteiger partial charge in [-0.15, -0.1) is 0 Å². The normalized spacial score (nSPS) is 18.5. The largest absolute Gasteiger partial charge is 0.357 e. The van der Waals surface area contributed by atoms with Crippen LogP contribution >= 0.6 is 0 Å². The smallest absolute Gasteiger partial charge is 0.270 e. The Labute approximate surface area is 84.3 Å². The van der Waals surface area contributed by atoms with Crippen molar-refractivity contribution in [1.29, 1.82) is 0 Å². The van der Waals surface area contributed by atoms with E-state index in [0.29, 0.717) is 5.82 Å². The summed E-state index contributed by atoms with van der Waals surface area (Å²) in [6, 6.07) is 3.99. The van der Waals surface area contributed by atoms with E-state index in [1.807, 2.05) is 12.3 Å². The quantitative estimate of drug-likeness (QED) is 0.567. The molecule has 1 fully saturated rings. The van der Waals surface area contributed by atoms with Gasteiger partial charge in [0.05, 0.1) is 38.9 Å². The number of aromatic amines is 1. The summed E-state index contributed by atoms with van der Waals surface area (Å²) >= 11 is 0. The Morgan fingerprint density at radius 3 is 2.64 bits per heavy atom. The highest BCUT2D eigenvalue weighted by Gasteiger charge is 2.17. The number of nitrogens with zero attached hydrogens (tertiary/aromatic N) is 1. The maximum Gasteiger partial charge on any atom is 0.270 e. The zero-order chi connectivity index (χ0) is 9.97. The van der Waals surface area contributed by atoms with Crippen molar-refractivity contribution in [2.24, 2.45) is 0 Å². The first-order valence-corrected chi connectivity index (χ1v) is 5.09. The van der Waals surface area contributed by atoms with Crippen LogP contribution in [0.15, 0.2) is 18.3 Å². The average Bonchev–Trinajstić information content (AvgIpc) is 2.21. The van der Waals surface area contributed by atoms with Gasteiger partial charge in [-0.05, 0) is 6.07 Å². The average molecular weight is 194 g/mol. The molecule has 0 radical (unpaired) electrons. The van der Waals surface area contributed by atoms with Crippen molar-refractivity contribution in [2.45, 2.75) is 0 Å². The fourth-order valence-corrected chi connectivity index (χ4v) is 1.77. The number of quaternary nitrogens is 1. The molecule has 1 aliphatic heterocycles. The first-order chi connectivity index (χ1) is 6.75. The second-order valence-corrected chi connectivity index (χ2v) is 3.95. The van der Waals surface area contributed by atoms with Crippen LogP contribution in [0.3, 0.4) is 0 Å². The van der Waals surface area contributed by atoms with Crippen molar-refractivity contribution in [3.05, 3.63) is 18.3 Å². The number of rotatable bonds is 1. The van der Waals surface area contributed by atoms with Crippen molar-refractivity contribution >= 4 is 11.5 Å². The number of hydrogen-bond acceptors (Lipinski definition) is 2. The molecule has 1 aromatic heterocycles. The first-order valence-electron chi connectivity index (χ1n) is 5.09. The van der Waals surface area contributed by atoms with Crippen LogP contribution in [0.4, 0.5) is 11.5 Å². The molecule has 14 heavy (non-hydrogen) atoms. The van der Waals surface area contributed by atoms with E-state index >= 15 is 0 Å². The number of nitrogens with two attached hydrogens (primary N) is 1. The van der Waals surface area contributed by atoms with Gasteiger partial charge >= 0.3 is 0 Å². The fraction of sp³-hybridized carbons (Fsp3) is 0.500. The molecular formula is C10H18N4+2. The molecule has 0 aromatic carbocycles. The van der Waals surface area contributed by atoms with Crippen molar-refractivity contribution in [1.82, 2.24) is 0 Å². The van der Waals surface area contributed by atoms with Crippen molar-refractivity contribution < 1.29 is 9.88 Å². The lowest BCUT2D eigenvalue weighted by Crippen LogP contribution is -3.12. The Morgan fingerprint density at radius 2 is 2.07 bits per heavy atom. The molecule has 4 nitrogen and oxygen atoms in total. The highest BCUT2D eigenvalue weighted by Crippen LogP contribution is 2.10. The van der Waals surface area contributed by atoms with Gasteiger partial charge in [0.2, 0.25) is 0 Å². The van der Waals surface area contributed by atoms with Crippen molar-refractivity contribution in [3.63, 3.8) is 0 Å². The third kappa shape index (κ3) is 1.96. The molecular weight excluding hydrogens is 176 g/mol. The van der Waals surface area contributed by atoms with Crippen LogP contribution in [0, 0.1) is 0 Å². The van der Waals surface area contributed by atoms with Crippen LogP contribution in [-0.2, 0) is 0 Å². The molecule has 4 heteroatoms. The maximum absolute atomic E-state index is 5.60. The van der Waals surface area contributed by atoms with E-state index in [1.54, 1.807) is 4.90 Å². The second-order valence-electron chi connectivity index (χ2n) is 3.95. The summed E-state index contributed by atoms with van der Waals surface area (Å²) in [5.74, 6) is 0.716. The first kappa shape index (κ1) is 9.27. The molecule has 0 aliphatic carbocycles. The van der Waals surface area contributed by atoms with Gasteiger partial charge in [0.15, 0.2) is 0 Å². The number of H-pyrrole nitrogens is 1. The van der Waals surface area contributed by atoms with E-state index in [0.717, 1.165) is 13.1 Å². The van der Waals surface area contributed by atoms with Crippen LogP contribution in [0.25, 0.3) is 0 Å². The van der Waals surface area contributed by atoms with Gasteiger partial charge in [0.25, 0.3) is 5.82 Å². The lowest BCUT2D eigenvalue weighted by Gasteiger charge is -2.31. The summed E-state index contributed by atoms with van der Waals surface area (Å²) in [5, 5.41) is 0. The number of nitrogens with one attached hydrogen (secondary N) is 2. The van der Waals surface area contributed by atoms with E-state index in [1.165, 1.54) is 18.8 Å². The molecule has 0 spiro atoms. The molecule has 0 saturated carbocycles. The van der Waals surface area contributed by atoms with Crippen LogP contribution in [0.1, 0.15) is 0 Å². The van der Waals surface area contributed by atoms with Gasteiger partial charge in [0, 0.05) is 6.07 Å². The number of hydrogen-bond donors (Lipinski definition) is 2. The van der Waals surface area contributed by atoms with E-state index in [9.17, 15) is 0 Å². The molecule has 0 bridgehead atoms. The fourth-order valence-electron chi connectivity index (χ4n) is 1.77. The third-order valence-corrected chi connectivity index (χ3v) is 2.80. The van der Waals surface area contributed by atoms with Crippen molar-refractivity contribution in [2.75, 3.05) is 43.9 Å². The molecule has 2 heterocycles. The van der Waals surface area contributed by atoms with Crippen molar-refractivity contribution in [3.8, 4) is 0 Å². The van der Waals surface area contributed by atoms with Gasteiger partial charge in [-0.1, -0.05) is 0 Å². The minimum Gasteiger partial charge on any atom is -0.357 e. The maximum atomic E-state index is 5.60. The lowest BCUT2D eigenvalue weighted by molar-refractivity contribution is -0.880. The molecule has 2 rings (SSSR count). The van der Waals surface area contributed by atoms with E-state index in [-0.39, 0.29) is 0 Å². The van der Waals surface area contributed by atoms with Crippen LogP contribution in [0.5, 0.6) is 0 Å². The number of anilines is 2. The molecule has 1 aliphatic rings. The Hall–Kier alpha value is -1.29. The summed E-state index contributed by atoms with van der Waals surface area (Å²) in [4.78, 5) is 7.04. The van der Waals surface area contributed by atoms with Gasteiger partial charge in [-0.3, -0.25) is 5.73 Å². The molecule has 1 saturated heterocycles. The third-order valence-electron chi connectivity index (χ3n) is 2.80. The molecule has 1 aromatic rings. The molecule has 4 N–H and O–H groups in total. The van der Waals surface area contributed by atoms with Gasteiger partial charge in [-0.2, -0.15) is 0 Å².